The summed E-state index contributed by atoms with van der Waals surface area (Å²) in [6.45, 7) is 5.00. The summed E-state index contributed by atoms with van der Waals surface area (Å²) in [6, 6.07) is 4.48. The first-order chi connectivity index (χ1) is 15.1. The summed E-state index contributed by atoms with van der Waals surface area (Å²) in [7, 11) is 0. The normalized spacial score (nSPS) is 23.4. The zero-order valence-corrected chi connectivity index (χ0v) is 18.4. The van der Waals surface area contributed by atoms with E-state index in [9.17, 15) is 9.59 Å². The molecule has 2 aliphatic heterocycles. The second-order valence-corrected chi connectivity index (χ2v) is 9.36. The molecule has 3 aliphatic rings. The van der Waals surface area contributed by atoms with Crippen LogP contribution in [0.1, 0.15) is 55.2 Å². The summed E-state index contributed by atoms with van der Waals surface area (Å²) in [4.78, 5) is 27.4. The minimum absolute atomic E-state index is 0.0252. The average Bonchev–Trinajstić information content (AvgIpc) is 3.29. The fourth-order valence-electron chi connectivity index (χ4n) is 5.87. The third-order valence-electron chi connectivity index (χ3n) is 7.49. The van der Waals surface area contributed by atoms with Crippen LogP contribution < -0.4 is 15.7 Å². The van der Waals surface area contributed by atoms with Crippen LogP contribution in [0.25, 0.3) is 11.0 Å². The molecule has 1 aliphatic carbocycles. The number of hydrogen-bond acceptors (Lipinski definition) is 5. The van der Waals surface area contributed by atoms with Crippen molar-refractivity contribution in [1.29, 1.82) is 0 Å². The predicted octanol–water partition coefficient (Wildman–Crippen LogP) is 3.35. The SMILES string of the molecule is Cc1c(OCC(=O)NCC2CCCN3CCCCC23)ccc2c3c(c(=O)oc12)CCC3. The van der Waals surface area contributed by atoms with E-state index in [-0.39, 0.29) is 18.1 Å². The number of fused-ring (bicyclic) bond motifs is 4. The van der Waals surface area contributed by atoms with Crippen molar-refractivity contribution in [3.05, 3.63) is 39.2 Å². The summed E-state index contributed by atoms with van der Waals surface area (Å²) in [5, 5.41) is 4.09. The van der Waals surface area contributed by atoms with Crippen molar-refractivity contribution in [2.45, 2.75) is 64.3 Å². The van der Waals surface area contributed by atoms with Crippen LogP contribution in [-0.2, 0) is 17.6 Å². The summed E-state index contributed by atoms with van der Waals surface area (Å²) in [5.41, 5.74) is 3.06. The Morgan fingerprint density at radius 1 is 1.13 bits per heavy atom. The van der Waals surface area contributed by atoms with Gasteiger partial charge in [-0.15, -0.1) is 0 Å². The molecule has 6 nitrogen and oxygen atoms in total. The highest BCUT2D eigenvalue weighted by molar-refractivity contribution is 5.86. The van der Waals surface area contributed by atoms with Crippen LogP contribution >= 0.6 is 0 Å². The third kappa shape index (κ3) is 3.98. The Kier molecular flexibility index (Phi) is 5.74. The van der Waals surface area contributed by atoms with Gasteiger partial charge in [0.25, 0.3) is 5.91 Å². The number of piperidine rings is 2. The lowest BCUT2D eigenvalue weighted by atomic mass is 9.83. The van der Waals surface area contributed by atoms with Gasteiger partial charge in [-0.3, -0.25) is 4.79 Å². The molecular formula is C25H32N2O4. The molecule has 1 amide bonds. The third-order valence-corrected chi connectivity index (χ3v) is 7.49. The van der Waals surface area contributed by atoms with Crippen LogP contribution in [0.2, 0.25) is 0 Å². The van der Waals surface area contributed by atoms with E-state index >= 15 is 0 Å². The molecule has 31 heavy (non-hydrogen) atoms. The maximum Gasteiger partial charge on any atom is 0.339 e. The van der Waals surface area contributed by atoms with Gasteiger partial charge in [0.05, 0.1) is 0 Å². The monoisotopic (exact) mass is 424 g/mol. The van der Waals surface area contributed by atoms with Gasteiger partial charge >= 0.3 is 5.63 Å². The summed E-state index contributed by atoms with van der Waals surface area (Å²) >= 11 is 0. The molecule has 2 saturated heterocycles. The standard InChI is InChI=1S/C25H32N2O4/c1-16-22(11-10-19-18-7-4-8-20(18)25(29)31-24(16)19)30-15-23(28)26-14-17-6-5-13-27-12-3-2-9-21(17)27/h10-11,17,21H,2-9,12-15H2,1H3,(H,26,28). The fraction of sp³-hybridized carbons (Fsp3) is 0.600. The van der Waals surface area contributed by atoms with Crippen molar-refractivity contribution in [2.24, 2.45) is 5.92 Å². The smallest absolute Gasteiger partial charge is 0.339 e. The lowest BCUT2D eigenvalue weighted by Crippen LogP contribution is -2.51. The maximum atomic E-state index is 12.5. The first kappa shape index (κ1) is 20.6. The number of benzene rings is 1. The van der Waals surface area contributed by atoms with Crippen LogP contribution in [0.15, 0.2) is 21.3 Å². The maximum absolute atomic E-state index is 12.5. The number of aryl methyl sites for hydroxylation is 2. The molecule has 2 atom stereocenters. The minimum atomic E-state index is -0.234. The Labute approximate surface area is 182 Å². The van der Waals surface area contributed by atoms with Crippen LogP contribution in [-0.4, -0.2) is 43.1 Å². The largest absolute Gasteiger partial charge is 0.483 e. The molecule has 6 heteroatoms. The van der Waals surface area contributed by atoms with E-state index in [4.69, 9.17) is 9.15 Å². The Balaban J connectivity index is 1.22. The van der Waals surface area contributed by atoms with E-state index in [1.54, 1.807) is 0 Å². The van der Waals surface area contributed by atoms with Crippen molar-refractivity contribution >= 4 is 16.9 Å². The lowest BCUT2D eigenvalue weighted by Gasteiger charge is -2.44. The highest BCUT2D eigenvalue weighted by atomic mass is 16.5. The number of carbonyl (C=O) groups excluding carboxylic acids is 1. The molecule has 1 aromatic heterocycles. The first-order valence-corrected chi connectivity index (χ1v) is 11.8. The topological polar surface area (TPSA) is 71.8 Å². The first-order valence-electron chi connectivity index (χ1n) is 11.8. The number of hydrogen-bond donors (Lipinski definition) is 1. The molecule has 0 spiro atoms. The predicted molar refractivity (Wildman–Crippen MR) is 120 cm³/mol. The number of carbonyl (C=O) groups is 1. The van der Waals surface area contributed by atoms with Crippen molar-refractivity contribution in [1.82, 2.24) is 10.2 Å². The van der Waals surface area contributed by atoms with E-state index in [0.29, 0.717) is 23.3 Å². The second-order valence-electron chi connectivity index (χ2n) is 9.36. The van der Waals surface area contributed by atoms with Crippen LogP contribution in [0.5, 0.6) is 5.75 Å². The Morgan fingerprint density at radius 2 is 1.97 bits per heavy atom. The highest BCUT2D eigenvalue weighted by Crippen LogP contribution is 2.33. The molecule has 5 rings (SSSR count). The molecule has 0 radical (unpaired) electrons. The molecule has 3 heterocycles. The van der Waals surface area contributed by atoms with E-state index < -0.39 is 0 Å². The van der Waals surface area contributed by atoms with Crippen molar-refractivity contribution in [2.75, 3.05) is 26.2 Å². The van der Waals surface area contributed by atoms with Gasteiger partial charge in [-0.05, 0) is 88.6 Å². The van der Waals surface area contributed by atoms with Gasteiger partial charge in [-0.1, -0.05) is 6.42 Å². The number of ether oxygens (including phenoxy) is 1. The molecule has 2 unspecified atom stereocenters. The average molecular weight is 425 g/mol. The Bertz CT molecular complexity index is 1040. The van der Waals surface area contributed by atoms with Gasteiger partial charge in [0, 0.05) is 29.1 Å². The quantitative estimate of drug-likeness (QED) is 0.746. The molecule has 0 saturated carbocycles. The van der Waals surface area contributed by atoms with Crippen molar-refractivity contribution in [3.63, 3.8) is 0 Å². The van der Waals surface area contributed by atoms with Gasteiger partial charge in [0.15, 0.2) is 6.61 Å². The fourth-order valence-corrected chi connectivity index (χ4v) is 5.87. The number of nitrogens with one attached hydrogen (secondary N) is 1. The van der Waals surface area contributed by atoms with Gasteiger partial charge in [0.1, 0.15) is 11.3 Å². The van der Waals surface area contributed by atoms with Gasteiger partial charge < -0.3 is 19.4 Å². The molecule has 2 aromatic rings. The van der Waals surface area contributed by atoms with E-state index in [1.165, 1.54) is 45.2 Å². The molecule has 2 fully saturated rings. The Hall–Kier alpha value is -2.34. The van der Waals surface area contributed by atoms with E-state index in [2.05, 4.69) is 10.2 Å². The number of amides is 1. The molecule has 0 bridgehead atoms. The molecule has 1 aromatic carbocycles. The summed E-state index contributed by atoms with van der Waals surface area (Å²) in [5.74, 6) is 1.04. The minimum Gasteiger partial charge on any atom is -0.483 e. The van der Waals surface area contributed by atoms with Gasteiger partial charge in [-0.25, -0.2) is 4.79 Å². The second kappa shape index (κ2) is 8.65. The van der Waals surface area contributed by atoms with Crippen molar-refractivity contribution in [3.8, 4) is 5.75 Å². The number of rotatable bonds is 5. The zero-order chi connectivity index (χ0) is 21.4. The molecule has 166 valence electrons. The van der Waals surface area contributed by atoms with Crippen LogP contribution in [0.3, 0.4) is 0 Å². The number of nitrogens with zero attached hydrogens (tertiary/aromatic N) is 1. The molecule has 1 N–H and O–H groups in total. The summed E-state index contributed by atoms with van der Waals surface area (Å²) in [6.07, 6.45) is 8.98. The van der Waals surface area contributed by atoms with Gasteiger partial charge in [0.2, 0.25) is 0 Å². The summed E-state index contributed by atoms with van der Waals surface area (Å²) < 4.78 is 11.4. The zero-order valence-electron chi connectivity index (χ0n) is 18.4. The lowest BCUT2D eigenvalue weighted by molar-refractivity contribution is -0.123. The Morgan fingerprint density at radius 3 is 2.87 bits per heavy atom. The van der Waals surface area contributed by atoms with E-state index in [0.717, 1.165) is 47.9 Å². The molecular weight excluding hydrogens is 392 g/mol. The van der Waals surface area contributed by atoms with Gasteiger partial charge in [-0.2, -0.15) is 0 Å². The van der Waals surface area contributed by atoms with Crippen LogP contribution in [0.4, 0.5) is 0 Å². The highest BCUT2D eigenvalue weighted by Gasteiger charge is 2.33. The van der Waals surface area contributed by atoms with E-state index in [1.807, 2.05) is 19.1 Å². The van der Waals surface area contributed by atoms with Crippen molar-refractivity contribution < 1.29 is 13.9 Å². The van der Waals surface area contributed by atoms with Crippen LogP contribution in [0, 0.1) is 12.8 Å².